The molecular weight excluding hydrogens is 248 g/mol. The highest BCUT2D eigenvalue weighted by atomic mass is 16.1. The van der Waals surface area contributed by atoms with E-state index in [1.54, 1.807) is 0 Å². The number of amides is 1. The van der Waals surface area contributed by atoms with Crippen molar-refractivity contribution < 1.29 is 4.79 Å². The van der Waals surface area contributed by atoms with E-state index < -0.39 is 0 Å². The highest BCUT2D eigenvalue weighted by Crippen LogP contribution is 2.27. The number of H-pyrrole nitrogens is 1. The third-order valence-corrected chi connectivity index (χ3v) is 4.01. The zero-order valence-corrected chi connectivity index (χ0v) is 12.6. The molecule has 0 unspecified atom stereocenters. The van der Waals surface area contributed by atoms with Crippen molar-refractivity contribution in [2.75, 3.05) is 0 Å². The molecule has 1 amide bonds. The highest BCUT2D eigenvalue weighted by molar-refractivity contribution is 5.84. The second-order valence-electron chi connectivity index (χ2n) is 5.54. The predicted octanol–water partition coefficient (Wildman–Crippen LogP) is 3.97. The first-order valence-electron chi connectivity index (χ1n) is 7.48. The molecule has 20 heavy (non-hydrogen) atoms. The van der Waals surface area contributed by atoms with Crippen LogP contribution >= 0.6 is 0 Å². The zero-order chi connectivity index (χ0) is 14.5. The molecule has 0 fully saturated rings. The molecular formula is C17H24N2O. The van der Waals surface area contributed by atoms with Gasteiger partial charge in [-0.05, 0) is 25.0 Å². The molecule has 2 aromatic rings. The van der Waals surface area contributed by atoms with Gasteiger partial charge in [-0.2, -0.15) is 0 Å². The molecule has 0 saturated heterocycles. The predicted molar refractivity (Wildman–Crippen MR) is 83.8 cm³/mol. The fraction of sp³-hybridized carbons (Fsp3) is 0.471. The average molecular weight is 272 g/mol. The summed E-state index contributed by atoms with van der Waals surface area (Å²) in [6.07, 6.45) is 4.70. The second-order valence-corrected chi connectivity index (χ2v) is 5.54. The summed E-state index contributed by atoms with van der Waals surface area (Å²) in [6.45, 7) is 6.35. The number of para-hydroxylation sites is 1. The van der Waals surface area contributed by atoms with Crippen molar-refractivity contribution in [1.82, 2.24) is 10.3 Å². The molecule has 3 heteroatoms. The van der Waals surface area contributed by atoms with Crippen molar-refractivity contribution in [1.29, 1.82) is 0 Å². The molecule has 2 rings (SSSR count). The number of carbonyl (C=O) groups excluding carboxylic acids is 1. The maximum atomic E-state index is 11.8. The summed E-state index contributed by atoms with van der Waals surface area (Å²) in [5.74, 6) is 0.447. The zero-order valence-electron chi connectivity index (χ0n) is 12.6. The maximum absolute atomic E-state index is 11.8. The van der Waals surface area contributed by atoms with Gasteiger partial charge in [0.25, 0.3) is 0 Å². The Bertz CT molecular complexity index is 573. The van der Waals surface area contributed by atoms with Crippen LogP contribution in [0.3, 0.4) is 0 Å². The van der Waals surface area contributed by atoms with E-state index in [-0.39, 0.29) is 17.9 Å². The van der Waals surface area contributed by atoms with Crippen LogP contribution in [0, 0.1) is 0 Å². The van der Waals surface area contributed by atoms with Crippen molar-refractivity contribution in [3.8, 4) is 0 Å². The van der Waals surface area contributed by atoms with Crippen LogP contribution < -0.4 is 5.32 Å². The number of carbonyl (C=O) groups is 1. The molecule has 0 bridgehead atoms. The fourth-order valence-corrected chi connectivity index (χ4v) is 2.53. The van der Waals surface area contributed by atoms with Gasteiger partial charge >= 0.3 is 0 Å². The minimum absolute atomic E-state index is 0.138. The second kappa shape index (κ2) is 6.60. The Balaban J connectivity index is 2.06. The van der Waals surface area contributed by atoms with E-state index in [2.05, 4.69) is 55.5 Å². The SMILES string of the molecule is CCCCC(=O)N[C@@H](C)[C@H](C)c1c[nH]c2ccccc12. The summed E-state index contributed by atoms with van der Waals surface area (Å²) >= 11 is 0. The van der Waals surface area contributed by atoms with Gasteiger partial charge in [0.15, 0.2) is 0 Å². The molecule has 0 aliphatic heterocycles. The van der Waals surface area contributed by atoms with Crippen LogP contribution in [0.2, 0.25) is 0 Å². The van der Waals surface area contributed by atoms with E-state index in [4.69, 9.17) is 0 Å². The van der Waals surface area contributed by atoms with Crippen LogP contribution in [0.5, 0.6) is 0 Å². The first kappa shape index (κ1) is 14.6. The van der Waals surface area contributed by atoms with Gasteiger partial charge in [0.05, 0.1) is 0 Å². The molecule has 0 aliphatic rings. The van der Waals surface area contributed by atoms with E-state index in [9.17, 15) is 4.79 Å². The van der Waals surface area contributed by atoms with Crippen molar-refractivity contribution in [3.05, 3.63) is 36.0 Å². The van der Waals surface area contributed by atoms with Crippen LogP contribution in [-0.4, -0.2) is 16.9 Å². The number of fused-ring (bicyclic) bond motifs is 1. The topological polar surface area (TPSA) is 44.9 Å². The maximum Gasteiger partial charge on any atom is 0.220 e. The third-order valence-electron chi connectivity index (χ3n) is 4.01. The van der Waals surface area contributed by atoms with Gasteiger partial charge < -0.3 is 10.3 Å². The largest absolute Gasteiger partial charge is 0.361 e. The van der Waals surface area contributed by atoms with Crippen molar-refractivity contribution in [3.63, 3.8) is 0 Å². The Morgan fingerprint density at radius 3 is 2.80 bits per heavy atom. The number of benzene rings is 1. The molecule has 0 aliphatic carbocycles. The monoisotopic (exact) mass is 272 g/mol. The molecule has 0 saturated carbocycles. The van der Waals surface area contributed by atoms with Crippen LogP contribution in [0.25, 0.3) is 10.9 Å². The number of nitrogens with one attached hydrogen (secondary N) is 2. The van der Waals surface area contributed by atoms with Gasteiger partial charge in [-0.15, -0.1) is 0 Å². The molecule has 0 radical (unpaired) electrons. The summed E-state index contributed by atoms with van der Waals surface area (Å²) in [5, 5.41) is 4.36. The summed E-state index contributed by atoms with van der Waals surface area (Å²) in [7, 11) is 0. The lowest BCUT2D eigenvalue weighted by Crippen LogP contribution is -2.35. The van der Waals surface area contributed by atoms with Crippen LogP contribution in [-0.2, 0) is 4.79 Å². The van der Waals surface area contributed by atoms with Gasteiger partial charge in [0, 0.05) is 35.5 Å². The number of rotatable bonds is 6. The minimum Gasteiger partial charge on any atom is -0.361 e. The number of unbranched alkanes of at least 4 members (excludes halogenated alkanes) is 1. The van der Waals surface area contributed by atoms with E-state index in [0.29, 0.717) is 6.42 Å². The van der Waals surface area contributed by atoms with Gasteiger partial charge in [-0.3, -0.25) is 4.79 Å². The molecule has 2 N–H and O–H groups in total. The van der Waals surface area contributed by atoms with E-state index in [0.717, 1.165) is 18.4 Å². The Morgan fingerprint density at radius 2 is 2.05 bits per heavy atom. The Kier molecular flexibility index (Phi) is 4.83. The summed E-state index contributed by atoms with van der Waals surface area (Å²) in [4.78, 5) is 15.1. The summed E-state index contributed by atoms with van der Waals surface area (Å²) < 4.78 is 0. The highest BCUT2D eigenvalue weighted by Gasteiger charge is 2.19. The van der Waals surface area contributed by atoms with E-state index >= 15 is 0 Å². The number of hydrogen-bond donors (Lipinski definition) is 2. The average Bonchev–Trinajstić information content (AvgIpc) is 2.88. The number of aromatic nitrogens is 1. The smallest absolute Gasteiger partial charge is 0.220 e. The summed E-state index contributed by atoms with van der Waals surface area (Å²) in [6, 6.07) is 8.43. The van der Waals surface area contributed by atoms with E-state index in [1.807, 2.05) is 6.07 Å². The first-order chi connectivity index (χ1) is 9.63. The van der Waals surface area contributed by atoms with E-state index in [1.165, 1.54) is 10.9 Å². The quantitative estimate of drug-likeness (QED) is 0.821. The van der Waals surface area contributed by atoms with Gasteiger partial charge in [-0.25, -0.2) is 0 Å². The molecule has 1 aromatic carbocycles. The minimum atomic E-state index is 0.138. The number of hydrogen-bond acceptors (Lipinski definition) is 1. The normalized spacial score (nSPS) is 14.2. The lowest BCUT2D eigenvalue weighted by atomic mass is 9.94. The van der Waals surface area contributed by atoms with Crippen molar-refractivity contribution >= 4 is 16.8 Å². The summed E-state index contributed by atoms with van der Waals surface area (Å²) in [5.41, 5.74) is 2.42. The standard InChI is InChI=1S/C17H24N2O/c1-4-5-10-17(20)19-13(3)12(2)15-11-18-16-9-7-6-8-14(15)16/h6-9,11-13,18H,4-5,10H2,1-3H3,(H,19,20)/t12-,13-/m0/s1. The van der Waals surface area contributed by atoms with Crippen molar-refractivity contribution in [2.45, 2.75) is 52.0 Å². The van der Waals surface area contributed by atoms with Crippen LogP contribution in [0.1, 0.15) is 51.5 Å². The first-order valence-corrected chi connectivity index (χ1v) is 7.48. The fourth-order valence-electron chi connectivity index (χ4n) is 2.53. The number of aromatic amines is 1. The van der Waals surface area contributed by atoms with Crippen LogP contribution in [0.15, 0.2) is 30.5 Å². The molecule has 2 atom stereocenters. The Hall–Kier alpha value is -1.77. The van der Waals surface area contributed by atoms with Crippen molar-refractivity contribution in [2.24, 2.45) is 0 Å². The Labute approximate surface area is 120 Å². The lowest BCUT2D eigenvalue weighted by Gasteiger charge is -2.21. The third kappa shape index (κ3) is 3.21. The lowest BCUT2D eigenvalue weighted by molar-refractivity contribution is -0.121. The van der Waals surface area contributed by atoms with Crippen LogP contribution in [0.4, 0.5) is 0 Å². The van der Waals surface area contributed by atoms with Gasteiger partial charge in [0.2, 0.25) is 5.91 Å². The van der Waals surface area contributed by atoms with Gasteiger partial charge in [0.1, 0.15) is 0 Å². The molecule has 108 valence electrons. The molecule has 1 aromatic heterocycles. The Morgan fingerprint density at radius 1 is 1.30 bits per heavy atom. The van der Waals surface area contributed by atoms with Gasteiger partial charge in [-0.1, -0.05) is 38.5 Å². The molecule has 1 heterocycles. The molecule has 3 nitrogen and oxygen atoms in total. The molecule has 0 spiro atoms.